The summed E-state index contributed by atoms with van der Waals surface area (Å²) in [6, 6.07) is 5.97. The molecule has 0 aromatic heterocycles. The average molecular weight is 272 g/mol. The van der Waals surface area contributed by atoms with Crippen LogP contribution in [0.5, 0.6) is 5.75 Å². The van der Waals surface area contributed by atoms with Gasteiger partial charge in [0.15, 0.2) is 0 Å². The smallest absolute Gasteiger partial charge is 0.124 e. The molecule has 1 aromatic rings. The molecule has 84 valence electrons. The van der Waals surface area contributed by atoms with Crippen molar-refractivity contribution in [3.8, 4) is 5.75 Å². The van der Waals surface area contributed by atoms with Gasteiger partial charge >= 0.3 is 0 Å². The Labute approximate surface area is 99.9 Å². The van der Waals surface area contributed by atoms with Crippen LogP contribution < -0.4 is 10.5 Å². The molecule has 0 saturated heterocycles. The Morgan fingerprint density at radius 3 is 2.80 bits per heavy atom. The van der Waals surface area contributed by atoms with E-state index < -0.39 is 0 Å². The molecule has 0 bridgehead atoms. The summed E-state index contributed by atoms with van der Waals surface area (Å²) >= 11 is 3.44. The van der Waals surface area contributed by atoms with Gasteiger partial charge in [0.25, 0.3) is 0 Å². The topological polar surface area (TPSA) is 35.2 Å². The summed E-state index contributed by atoms with van der Waals surface area (Å²) in [5.74, 6) is 0.904. The highest BCUT2D eigenvalue weighted by Crippen LogP contribution is 2.27. The van der Waals surface area contributed by atoms with Gasteiger partial charge in [-0.15, -0.1) is 0 Å². The summed E-state index contributed by atoms with van der Waals surface area (Å²) in [4.78, 5) is 0. The average Bonchev–Trinajstić information content (AvgIpc) is 2.20. The fraction of sp³-hybridized carbons (Fsp3) is 0.500. The van der Waals surface area contributed by atoms with Gasteiger partial charge < -0.3 is 10.5 Å². The molecule has 0 spiro atoms. The van der Waals surface area contributed by atoms with Gasteiger partial charge in [-0.1, -0.05) is 29.3 Å². The predicted octanol–water partition coefficient (Wildman–Crippen LogP) is 3.65. The number of nitrogens with two attached hydrogens (primary N) is 1. The largest absolute Gasteiger partial charge is 0.493 e. The number of unbranched alkanes of at least 4 members (excludes halogenated alkanes) is 1. The lowest BCUT2D eigenvalue weighted by Gasteiger charge is -2.14. The summed E-state index contributed by atoms with van der Waals surface area (Å²) in [7, 11) is 0. The molecule has 0 unspecified atom stereocenters. The summed E-state index contributed by atoms with van der Waals surface area (Å²) in [5.41, 5.74) is 6.94. The van der Waals surface area contributed by atoms with Crippen molar-refractivity contribution < 1.29 is 4.74 Å². The Morgan fingerprint density at radius 1 is 1.47 bits per heavy atom. The first-order valence-corrected chi connectivity index (χ1v) is 6.12. The minimum atomic E-state index is -0.000809. The van der Waals surface area contributed by atoms with E-state index >= 15 is 0 Å². The second-order valence-corrected chi connectivity index (χ2v) is 4.59. The number of ether oxygens (including phenoxy) is 1. The van der Waals surface area contributed by atoms with Crippen LogP contribution in [0.1, 0.15) is 38.3 Å². The lowest BCUT2D eigenvalue weighted by Crippen LogP contribution is -2.08. The summed E-state index contributed by atoms with van der Waals surface area (Å²) in [6.45, 7) is 4.88. The zero-order valence-electron chi connectivity index (χ0n) is 9.29. The van der Waals surface area contributed by atoms with E-state index in [4.69, 9.17) is 10.5 Å². The highest BCUT2D eigenvalue weighted by molar-refractivity contribution is 9.10. The molecule has 0 fully saturated rings. The van der Waals surface area contributed by atoms with E-state index in [0.717, 1.165) is 35.2 Å². The molecular weight excluding hydrogens is 254 g/mol. The number of hydrogen-bond donors (Lipinski definition) is 1. The molecule has 1 rings (SSSR count). The molecule has 0 heterocycles. The normalized spacial score (nSPS) is 12.5. The maximum absolute atomic E-state index is 5.89. The van der Waals surface area contributed by atoms with Crippen LogP contribution in [-0.4, -0.2) is 6.61 Å². The third kappa shape index (κ3) is 3.84. The van der Waals surface area contributed by atoms with Gasteiger partial charge in [-0.05, 0) is 31.5 Å². The van der Waals surface area contributed by atoms with Crippen LogP contribution in [0.25, 0.3) is 0 Å². The van der Waals surface area contributed by atoms with Gasteiger partial charge in [0.2, 0.25) is 0 Å². The first kappa shape index (κ1) is 12.5. The van der Waals surface area contributed by atoms with Crippen LogP contribution in [0, 0.1) is 0 Å². The summed E-state index contributed by atoms with van der Waals surface area (Å²) < 4.78 is 6.73. The highest BCUT2D eigenvalue weighted by atomic mass is 79.9. The SMILES string of the molecule is CCCCOc1ccc(Br)cc1[C@@H](C)N. The van der Waals surface area contributed by atoms with Crippen molar-refractivity contribution >= 4 is 15.9 Å². The zero-order valence-corrected chi connectivity index (χ0v) is 10.9. The molecule has 0 saturated carbocycles. The Bertz CT molecular complexity index is 312. The minimum Gasteiger partial charge on any atom is -0.493 e. The molecule has 0 aliphatic carbocycles. The van der Waals surface area contributed by atoms with Crippen molar-refractivity contribution in [1.29, 1.82) is 0 Å². The molecule has 1 aromatic carbocycles. The second-order valence-electron chi connectivity index (χ2n) is 3.67. The molecule has 15 heavy (non-hydrogen) atoms. The molecule has 1 atom stereocenters. The number of hydrogen-bond acceptors (Lipinski definition) is 2. The minimum absolute atomic E-state index is 0.000809. The fourth-order valence-electron chi connectivity index (χ4n) is 1.33. The van der Waals surface area contributed by atoms with Gasteiger partial charge in [-0.25, -0.2) is 0 Å². The number of rotatable bonds is 5. The standard InChI is InChI=1S/C12H18BrNO/c1-3-4-7-15-12-6-5-10(13)8-11(12)9(2)14/h5-6,8-9H,3-4,7,14H2,1-2H3/t9-/m1/s1. The molecule has 2 N–H and O–H groups in total. The van der Waals surface area contributed by atoms with Crippen molar-refractivity contribution in [3.63, 3.8) is 0 Å². The lowest BCUT2D eigenvalue weighted by atomic mass is 10.1. The summed E-state index contributed by atoms with van der Waals surface area (Å²) in [6.07, 6.45) is 2.22. The molecule has 2 nitrogen and oxygen atoms in total. The van der Waals surface area contributed by atoms with Crippen LogP contribution in [0.2, 0.25) is 0 Å². The number of benzene rings is 1. The van der Waals surface area contributed by atoms with E-state index in [-0.39, 0.29) is 6.04 Å². The zero-order chi connectivity index (χ0) is 11.3. The monoisotopic (exact) mass is 271 g/mol. The molecule has 0 aliphatic rings. The molecular formula is C12H18BrNO. The van der Waals surface area contributed by atoms with Gasteiger partial charge in [-0.3, -0.25) is 0 Å². The van der Waals surface area contributed by atoms with Crippen LogP contribution in [0.3, 0.4) is 0 Å². The van der Waals surface area contributed by atoms with Crippen LogP contribution in [-0.2, 0) is 0 Å². The Hall–Kier alpha value is -0.540. The Morgan fingerprint density at radius 2 is 2.20 bits per heavy atom. The van der Waals surface area contributed by atoms with Gasteiger partial charge in [0.1, 0.15) is 5.75 Å². The first-order chi connectivity index (χ1) is 7.15. The molecule has 0 amide bonds. The Balaban J connectivity index is 2.77. The molecule has 3 heteroatoms. The van der Waals surface area contributed by atoms with E-state index in [1.54, 1.807) is 0 Å². The first-order valence-electron chi connectivity index (χ1n) is 5.33. The van der Waals surface area contributed by atoms with E-state index in [9.17, 15) is 0 Å². The van der Waals surface area contributed by atoms with E-state index in [1.165, 1.54) is 0 Å². The highest BCUT2D eigenvalue weighted by Gasteiger charge is 2.08. The maximum atomic E-state index is 5.89. The van der Waals surface area contributed by atoms with Crippen molar-refractivity contribution in [3.05, 3.63) is 28.2 Å². The van der Waals surface area contributed by atoms with E-state index in [1.807, 2.05) is 25.1 Å². The summed E-state index contributed by atoms with van der Waals surface area (Å²) in [5, 5.41) is 0. The molecule has 0 radical (unpaired) electrons. The van der Waals surface area contributed by atoms with Gasteiger partial charge in [0, 0.05) is 16.1 Å². The Kier molecular flexibility index (Phi) is 5.12. The van der Waals surface area contributed by atoms with Crippen LogP contribution in [0.15, 0.2) is 22.7 Å². The third-order valence-corrected chi connectivity index (χ3v) is 2.71. The quantitative estimate of drug-likeness (QED) is 0.830. The number of halogens is 1. The van der Waals surface area contributed by atoms with Crippen molar-refractivity contribution in [1.82, 2.24) is 0 Å². The van der Waals surface area contributed by atoms with Crippen molar-refractivity contribution in [2.75, 3.05) is 6.61 Å². The molecule has 0 aliphatic heterocycles. The second kappa shape index (κ2) is 6.13. The maximum Gasteiger partial charge on any atom is 0.124 e. The van der Waals surface area contributed by atoms with Gasteiger partial charge in [-0.2, -0.15) is 0 Å². The van der Waals surface area contributed by atoms with Crippen LogP contribution >= 0.6 is 15.9 Å². The van der Waals surface area contributed by atoms with Crippen molar-refractivity contribution in [2.24, 2.45) is 5.73 Å². The van der Waals surface area contributed by atoms with Crippen molar-refractivity contribution in [2.45, 2.75) is 32.7 Å². The third-order valence-electron chi connectivity index (χ3n) is 2.22. The predicted molar refractivity (Wildman–Crippen MR) is 67.1 cm³/mol. The fourth-order valence-corrected chi connectivity index (χ4v) is 1.71. The lowest BCUT2D eigenvalue weighted by molar-refractivity contribution is 0.305. The van der Waals surface area contributed by atoms with Gasteiger partial charge in [0.05, 0.1) is 6.61 Å². The van der Waals surface area contributed by atoms with E-state index in [0.29, 0.717) is 0 Å². The van der Waals surface area contributed by atoms with Crippen LogP contribution in [0.4, 0.5) is 0 Å². The van der Waals surface area contributed by atoms with E-state index in [2.05, 4.69) is 22.9 Å².